The van der Waals surface area contributed by atoms with Gasteiger partial charge in [-0.3, -0.25) is 14.3 Å². The van der Waals surface area contributed by atoms with Crippen molar-refractivity contribution in [3.63, 3.8) is 0 Å². The average Bonchev–Trinajstić information content (AvgIpc) is 3.34. The van der Waals surface area contributed by atoms with Crippen LogP contribution in [0.25, 0.3) is 21.3 Å². The Hall–Kier alpha value is -3.27. The molecule has 5 rings (SSSR count). The van der Waals surface area contributed by atoms with Gasteiger partial charge in [-0.25, -0.2) is 9.78 Å². The van der Waals surface area contributed by atoms with E-state index in [0.29, 0.717) is 46.7 Å². The number of hydrogen-bond acceptors (Lipinski definition) is 8. The van der Waals surface area contributed by atoms with Gasteiger partial charge in [-0.2, -0.15) is 0 Å². The molecule has 198 valence electrons. The number of benzene rings is 1. The second-order valence-electron chi connectivity index (χ2n) is 9.39. The number of methoxy groups -OCH3 is 1. The van der Waals surface area contributed by atoms with Crippen LogP contribution < -0.4 is 15.6 Å². The lowest BCUT2D eigenvalue weighted by atomic mass is 9.92. The monoisotopic (exact) mass is 552 g/mol. The minimum absolute atomic E-state index is 0.00720. The highest BCUT2D eigenvalue weighted by Gasteiger charge is 2.24. The lowest BCUT2D eigenvalue weighted by Gasteiger charge is -2.24. The topological polar surface area (TPSA) is 95.3 Å². The van der Waals surface area contributed by atoms with E-state index < -0.39 is 5.97 Å². The van der Waals surface area contributed by atoms with Crippen LogP contribution in [0.5, 0.6) is 5.75 Å². The predicted molar refractivity (Wildman–Crippen MR) is 150 cm³/mol. The summed E-state index contributed by atoms with van der Waals surface area (Å²) in [4.78, 5) is 34.9. The molecule has 3 heterocycles. The number of aryl methyl sites for hydroxylation is 3. The number of nitrogens with zero attached hydrogens (tertiary/aromatic N) is 3. The van der Waals surface area contributed by atoms with Crippen LogP contribution in [-0.4, -0.2) is 47.3 Å². The standard InChI is InChI=1S/C28H29ClN4O4S/c1-15-11-20(26-25(31-15)22(14-38-26)28(35)36-4)19-12-17(29)5-8-24(19)37-10-9-33-16(2)32-23-7-6-18(30-3)13-21(23)27(33)34/h5,8,11-12,14,18,30H,6-7,9-10,13H2,1-4H3. The van der Waals surface area contributed by atoms with Gasteiger partial charge in [-0.1, -0.05) is 11.6 Å². The smallest absolute Gasteiger partial charge is 0.340 e. The van der Waals surface area contributed by atoms with Crippen molar-refractivity contribution in [1.29, 1.82) is 0 Å². The number of aromatic nitrogens is 3. The van der Waals surface area contributed by atoms with Crippen LogP contribution >= 0.6 is 22.9 Å². The Bertz CT molecular complexity index is 1600. The summed E-state index contributed by atoms with van der Waals surface area (Å²) in [5.74, 6) is 0.890. The summed E-state index contributed by atoms with van der Waals surface area (Å²) in [5, 5.41) is 5.60. The molecule has 0 saturated heterocycles. The summed E-state index contributed by atoms with van der Waals surface area (Å²) in [5.41, 5.74) is 5.14. The molecular weight excluding hydrogens is 524 g/mol. The van der Waals surface area contributed by atoms with E-state index in [2.05, 4.69) is 10.3 Å². The Labute approximate surface area is 229 Å². The molecule has 0 aliphatic heterocycles. The Morgan fingerprint density at radius 3 is 2.82 bits per heavy atom. The third kappa shape index (κ3) is 4.93. The molecule has 4 aromatic rings. The van der Waals surface area contributed by atoms with Crippen molar-refractivity contribution in [2.45, 2.75) is 45.7 Å². The van der Waals surface area contributed by atoms with Gasteiger partial charge in [0.1, 0.15) is 18.2 Å². The molecule has 1 aliphatic rings. The van der Waals surface area contributed by atoms with E-state index >= 15 is 0 Å². The first-order chi connectivity index (χ1) is 18.3. The first-order valence-electron chi connectivity index (χ1n) is 12.5. The number of carbonyl (C=O) groups is 1. The molecule has 0 fully saturated rings. The van der Waals surface area contributed by atoms with Gasteiger partial charge >= 0.3 is 5.97 Å². The zero-order chi connectivity index (χ0) is 27.0. The van der Waals surface area contributed by atoms with Gasteiger partial charge in [-0.15, -0.1) is 11.3 Å². The van der Waals surface area contributed by atoms with E-state index in [9.17, 15) is 9.59 Å². The van der Waals surface area contributed by atoms with Gasteiger partial charge in [-0.05, 0) is 64.4 Å². The highest BCUT2D eigenvalue weighted by atomic mass is 35.5. The van der Waals surface area contributed by atoms with Crippen LogP contribution in [0.2, 0.25) is 5.02 Å². The summed E-state index contributed by atoms with van der Waals surface area (Å²) >= 11 is 7.82. The lowest BCUT2D eigenvalue weighted by Crippen LogP contribution is -2.39. The molecule has 1 aromatic carbocycles. The van der Waals surface area contributed by atoms with Crippen LogP contribution in [0.15, 0.2) is 34.4 Å². The number of thiophene rings is 1. The molecule has 1 atom stereocenters. The third-order valence-corrected chi connectivity index (χ3v) is 8.23. The summed E-state index contributed by atoms with van der Waals surface area (Å²) in [6.45, 7) is 4.39. The second kappa shape index (κ2) is 10.8. The molecule has 8 nitrogen and oxygen atoms in total. The quantitative estimate of drug-likeness (QED) is 0.331. The van der Waals surface area contributed by atoms with Crippen LogP contribution in [0.4, 0.5) is 0 Å². The van der Waals surface area contributed by atoms with Crippen molar-refractivity contribution >= 4 is 39.1 Å². The third-order valence-electron chi connectivity index (χ3n) is 6.99. The Kier molecular flexibility index (Phi) is 7.52. The summed E-state index contributed by atoms with van der Waals surface area (Å²) < 4.78 is 13.7. The predicted octanol–water partition coefficient (Wildman–Crippen LogP) is 4.73. The molecular formula is C28H29ClN4O4S. The van der Waals surface area contributed by atoms with E-state index in [1.54, 1.807) is 16.0 Å². The van der Waals surface area contributed by atoms with Crippen LogP contribution in [0.1, 0.15) is 39.6 Å². The molecule has 1 aliphatic carbocycles. The Morgan fingerprint density at radius 2 is 2.05 bits per heavy atom. The second-order valence-corrected chi connectivity index (χ2v) is 10.7. The molecule has 0 bridgehead atoms. The van der Waals surface area contributed by atoms with E-state index in [-0.39, 0.29) is 12.2 Å². The van der Waals surface area contributed by atoms with E-state index in [4.69, 9.17) is 26.1 Å². The summed E-state index contributed by atoms with van der Waals surface area (Å²) in [7, 11) is 3.29. The number of esters is 1. The SMILES string of the molecule is CNC1CCc2nc(C)n(CCOc3ccc(Cl)cc3-c3cc(C)nc4c(C(=O)OC)csc34)c(=O)c2C1. The molecule has 1 N–H and O–H groups in total. The number of halogens is 1. The van der Waals surface area contributed by atoms with Crippen LogP contribution in [0.3, 0.4) is 0 Å². The maximum Gasteiger partial charge on any atom is 0.340 e. The molecule has 0 spiro atoms. The number of ether oxygens (including phenoxy) is 2. The van der Waals surface area contributed by atoms with Crippen molar-refractivity contribution in [2.75, 3.05) is 20.8 Å². The van der Waals surface area contributed by atoms with E-state index in [1.807, 2.05) is 39.1 Å². The largest absolute Gasteiger partial charge is 0.491 e. The van der Waals surface area contributed by atoms with Crippen molar-refractivity contribution in [1.82, 2.24) is 19.9 Å². The molecule has 38 heavy (non-hydrogen) atoms. The Morgan fingerprint density at radius 1 is 1.24 bits per heavy atom. The molecule has 0 saturated carbocycles. The number of carbonyl (C=O) groups excluding carboxylic acids is 1. The van der Waals surface area contributed by atoms with Crippen LogP contribution in [-0.2, 0) is 24.1 Å². The maximum absolute atomic E-state index is 13.3. The number of fused-ring (bicyclic) bond motifs is 2. The molecule has 0 radical (unpaired) electrons. The molecule has 1 unspecified atom stereocenters. The van der Waals surface area contributed by atoms with Gasteiger partial charge in [0.2, 0.25) is 0 Å². The van der Waals surface area contributed by atoms with E-state index in [1.165, 1.54) is 18.4 Å². The fourth-order valence-electron chi connectivity index (χ4n) is 5.01. The highest BCUT2D eigenvalue weighted by molar-refractivity contribution is 7.18. The highest BCUT2D eigenvalue weighted by Crippen LogP contribution is 2.40. The van der Waals surface area contributed by atoms with Gasteiger partial charge < -0.3 is 14.8 Å². The normalized spacial score (nSPS) is 14.9. The number of rotatable bonds is 7. The average molecular weight is 553 g/mol. The zero-order valence-corrected chi connectivity index (χ0v) is 23.3. The van der Waals surface area contributed by atoms with Crippen molar-refractivity contribution in [3.05, 3.63) is 73.4 Å². The molecule has 0 amide bonds. The minimum Gasteiger partial charge on any atom is -0.491 e. The number of pyridine rings is 1. The minimum atomic E-state index is -0.427. The van der Waals surface area contributed by atoms with Crippen molar-refractivity contribution < 1.29 is 14.3 Å². The van der Waals surface area contributed by atoms with Gasteiger partial charge in [0.15, 0.2) is 0 Å². The van der Waals surface area contributed by atoms with Gasteiger partial charge in [0, 0.05) is 38.8 Å². The maximum atomic E-state index is 13.3. The fourth-order valence-corrected chi connectivity index (χ4v) is 6.19. The van der Waals surface area contributed by atoms with E-state index in [0.717, 1.165) is 45.6 Å². The van der Waals surface area contributed by atoms with Crippen molar-refractivity contribution in [2.24, 2.45) is 0 Å². The number of hydrogen-bond donors (Lipinski definition) is 1. The lowest BCUT2D eigenvalue weighted by molar-refractivity contribution is 0.0603. The number of nitrogens with one attached hydrogen (secondary N) is 1. The first kappa shape index (κ1) is 26.3. The fraction of sp³-hybridized carbons (Fsp3) is 0.357. The Balaban J connectivity index is 1.46. The van der Waals surface area contributed by atoms with Gasteiger partial charge in [0.25, 0.3) is 5.56 Å². The zero-order valence-electron chi connectivity index (χ0n) is 21.8. The van der Waals surface area contributed by atoms with Gasteiger partial charge in [0.05, 0.1) is 35.1 Å². The summed E-state index contributed by atoms with van der Waals surface area (Å²) in [6, 6.07) is 7.69. The summed E-state index contributed by atoms with van der Waals surface area (Å²) in [6.07, 6.45) is 2.48. The number of likely N-dealkylation sites (N-methyl/N-ethyl adjacent to an activating group) is 1. The molecule has 10 heteroatoms. The van der Waals surface area contributed by atoms with Crippen LogP contribution in [0, 0.1) is 13.8 Å². The first-order valence-corrected chi connectivity index (χ1v) is 13.7. The van der Waals surface area contributed by atoms with Crippen molar-refractivity contribution in [3.8, 4) is 16.9 Å². The molecule has 3 aromatic heterocycles.